The average Bonchev–Trinajstić information content (AvgIpc) is 2.64. The van der Waals surface area contributed by atoms with Crippen molar-refractivity contribution in [2.24, 2.45) is 0 Å². The quantitative estimate of drug-likeness (QED) is 0.600. The Hall–Kier alpha value is -2.54. The van der Waals surface area contributed by atoms with Crippen molar-refractivity contribution in [3.63, 3.8) is 0 Å². The fourth-order valence-corrected chi connectivity index (χ4v) is 3.40. The maximum Gasteiger partial charge on any atom is 0.253 e. The Morgan fingerprint density at radius 1 is 1.18 bits per heavy atom. The van der Waals surface area contributed by atoms with Gasteiger partial charge in [-0.2, -0.15) is 11.8 Å². The molecule has 6 nitrogen and oxygen atoms in total. The first-order valence-corrected chi connectivity index (χ1v) is 10.6. The molecule has 0 fully saturated rings. The number of H-pyrrole nitrogens is 1. The molecule has 0 aliphatic rings. The number of aromatic amines is 1. The van der Waals surface area contributed by atoms with Crippen LogP contribution < -0.4 is 16.2 Å². The maximum atomic E-state index is 12.7. The van der Waals surface area contributed by atoms with Gasteiger partial charge < -0.3 is 15.6 Å². The molecule has 28 heavy (non-hydrogen) atoms. The molecule has 0 saturated carbocycles. The normalized spacial score (nSPS) is 11.7. The summed E-state index contributed by atoms with van der Waals surface area (Å²) in [6, 6.07) is 10.6. The monoisotopic (exact) mass is 401 g/mol. The van der Waals surface area contributed by atoms with E-state index in [1.807, 2.05) is 56.5 Å². The van der Waals surface area contributed by atoms with Crippen molar-refractivity contribution in [1.82, 2.24) is 15.6 Å². The van der Waals surface area contributed by atoms with E-state index in [0.717, 1.165) is 22.6 Å². The van der Waals surface area contributed by atoms with E-state index in [0.29, 0.717) is 12.0 Å². The van der Waals surface area contributed by atoms with Crippen LogP contribution in [0.15, 0.2) is 41.2 Å². The Labute approximate surface area is 169 Å². The van der Waals surface area contributed by atoms with Crippen LogP contribution in [0.1, 0.15) is 28.8 Å². The van der Waals surface area contributed by atoms with Crippen LogP contribution in [0, 0.1) is 13.8 Å². The number of carbonyl (C=O) groups is 2. The zero-order chi connectivity index (χ0) is 20.5. The van der Waals surface area contributed by atoms with Gasteiger partial charge in [0.15, 0.2) is 0 Å². The molecule has 1 unspecified atom stereocenters. The number of amides is 2. The Kier molecular flexibility index (Phi) is 8.32. The van der Waals surface area contributed by atoms with Gasteiger partial charge in [0, 0.05) is 17.8 Å². The molecule has 0 saturated heterocycles. The van der Waals surface area contributed by atoms with Gasteiger partial charge in [0.2, 0.25) is 11.8 Å². The van der Waals surface area contributed by atoms with E-state index < -0.39 is 6.04 Å². The highest BCUT2D eigenvalue weighted by atomic mass is 32.2. The van der Waals surface area contributed by atoms with Crippen LogP contribution in [0.5, 0.6) is 0 Å². The fourth-order valence-electron chi connectivity index (χ4n) is 2.93. The number of hydrogen-bond donors (Lipinski definition) is 3. The van der Waals surface area contributed by atoms with Gasteiger partial charge in [0.25, 0.3) is 5.56 Å². The Morgan fingerprint density at radius 3 is 2.54 bits per heavy atom. The van der Waals surface area contributed by atoms with Gasteiger partial charge in [-0.05, 0) is 49.5 Å². The fraction of sp³-hybridized carbons (Fsp3) is 0.381. The molecule has 2 amide bonds. The molecular weight excluding hydrogens is 374 g/mol. The van der Waals surface area contributed by atoms with E-state index in [1.165, 1.54) is 0 Å². The van der Waals surface area contributed by atoms with E-state index in [9.17, 15) is 14.4 Å². The highest BCUT2D eigenvalue weighted by Gasteiger charge is 2.21. The summed E-state index contributed by atoms with van der Waals surface area (Å²) in [5, 5.41) is 5.62. The summed E-state index contributed by atoms with van der Waals surface area (Å²) < 4.78 is 0. The molecule has 3 N–H and O–H groups in total. The second kappa shape index (κ2) is 10.7. The molecule has 7 heteroatoms. The second-order valence-electron chi connectivity index (χ2n) is 6.72. The minimum Gasteiger partial charge on any atom is -0.350 e. The zero-order valence-electron chi connectivity index (χ0n) is 16.5. The van der Waals surface area contributed by atoms with E-state index in [2.05, 4.69) is 15.6 Å². The largest absolute Gasteiger partial charge is 0.350 e. The van der Waals surface area contributed by atoms with Gasteiger partial charge in [-0.15, -0.1) is 0 Å². The number of benzene rings is 1. The van der Waals surface area contributed by atoms with Crippen molar-refractivity contribution < 1.29 is 9.59 Å². The third kappa shape index (κ3) is 6.56. The second-order valence-corrected chi connectivity index (χ2v) is 7.71. The lowest BCUT2D eigenvalue weighted by Gasteiger charge is -2.18. The van der Waals surface area contributed by atoms with Crippen molar-refractivity contribution >= 4 is 23.6 Å². The van der Waals surface area contributed by atoms with E-state index in [1.54, 1.807) is 11.8 Å². The standard InChI is InChI=1S/C21H27N3O3S/c1-14-11-15(2)23-20(26)17(14)13-22-21(27)18(9-10-28-3)24-19(25)12-16-7-5-4-6-8-16/h4-8,11,18H,9-10,12-13H2,1-3H3,(H,22,27)(H,23,26)(H,24,25). The van der Waals surface area contributed by atoms with Crippen LogP contribution in [-0.2, 0) is 22.6 Å². The van der Waals surface area contributed by atoms with Gasteiger partial charge in [0.1, 0.15) is 6.04 Å². The molecule has 1 aromatic carbocycles. The highest BCUT2D eigenvalue weighted by Crippen LogP contribution is 2.06. The van der Waals surface area contributed by atoms with Crippen molar-refractivity contribution in [2.75, 3.05) is 12.0 Å². The van der Waals surface area contributed by atoms with Crippen molar-refractivity contribution in [3.8, 4) is 0 Å². The van der Waals surface area contributed by atoms with Crippen LogP contribution in [0.3, 0.4) is 0 Å². The molecule has 1 heterocycles. The van der Waals surface area contributed by atoms with Crippen molar-refractivity contribution in [1.29, 1.82) is 0 Å². The molecule has 2 rings (SSSR count). The Balaban J connectivity index is 2.00. The predicted octanol–water partition coefficient (Wildman–Crippen LogP) is 2.09. The van der Waals surface area contributed by atoms with Crippen molar-refractivity contribution in [3.05, 3.63) is 69.1 Å². The number of nitrogens with one attached hydrogen (secondary N) is 3. The van der Waals surface area contributed by atoms with Crippen LogP contribution in [-0.4, -0.2) is 34.8 Å². The van der Waals surface area contributed by atoms with Crippen molar-refractivity contribution in [2.45, 2.75) is 39.3 Å². The zero-order valence-corrected chi connectivity index (χ0v) is 17.3. The molecule has 0 aliphatic carbocycles. The molecule has 0 aliphatic heterocycles. The molecule has 0 radical (unpaired) electrons. The summed E-state index contributed by atoms with van der Waals surface area (Å²) in [6.45, 7) is 3.79. The summed E-state index contributed by atoms with van der Waals surface area (Å²) >= 11 is 1.61. The number of pyridine rings is 1. The maximum absolute atomic E-state index is 12.7. The van der Waals surface area contributed by atoms with Crippen LogP contribution in [0.2, 0.25) is 0 Å². The third-order valence-corrected chi connectivity index (χ3v) is 5.05. The predicted molar refractivity (Wildman–Crippen MR) is 113 cm³/mol. The minimum absolute atomic E-state index is 0.130. The molecule has 0 bridgehead atoms. The summed E-state index contributed by atoms with van der Waals surface area (Å²) in [7, 11) is 0. The van der Waals surface area contributed by atoms with Crippen LogP contribution >= 0.6 is 11.8 Å². The van der Waals surface area contributed by atoms with Crippen LogP contribution in [0.25, 0.3) is 0 Å². The lowest BCUT2D eigenvalue weighted by atomic mass is 10.1. The van der Waals surface area contributed by atoms with E-state index >= 15 is 0 Å². The molecule has 150 valence electrons. The first-order chi connectivity index (χ1) is 13.4. The van der Waals surface area contributed by atoms with Gasteiger partial charge >= 0.3 is 0 Å². The smallest absolute Gasteiger partial charge is 0.253 e. The molecular formula is C21H27N3O3S. The number of rotatable bonds is 9. The lowest BCUT2D eigenvalue weighted by Crippen LogP contribution is -2.47. The highest BCUT2D eigenvalue weighted by molar-refractivity contribution is 7.98. The number of aromatic nitrogens is 1. The lowest BCUT2D eigenvalue weighted by molar-refractivity contribution is -0.128. The summed E-state index contributed by atoms with van der Waals surface area (Å²) in [4.78, 5) is 39.9. The van der Waals surface area contributed by atoms with Gasteiger partial charge in [-0.3, -0.25) is 14.4 Å². The summed E-state index contributed by atoms with van der Waals surface area (Å²) in [5.41, 5.74) is 2.83. The molecule has 0 spiro atoms. The molecule has 1 aromatic heterocycles. The van der Waals surface area contributed by atoms with E-state index in [-0.39, 0.29) is 30.3 Å². The van der Waals surface area contributed by atoms with E-state index in [4.69, 9.17) is 0 Å². The minimum atomic E-state index is -0.631. The number of thioether (sulfide) groups is 1. The Bertz CT molecular complexity index is 865. The SMILES string of the molecule is CSCCC(NC(=O)Cc1ccccc1)C(=O)NCc1c(C)cc(C)[nH]c1=O. The average molecular weight is 402 g/mol. The number of carbonyl (C=O) groups excluding carboxylic acids is 2. The first kappa shape index (κ1) is 21.8. The first-order valence-electron chi connectivity index (χ1n) is 9.20. The summed E-state index contributed by atoms with van der Waals surface area (Å²) in [5.74, 6) is 0.264. The molecule has 2 aromatic rings. The Morgan fingerprint density at radius 2 is 1.89 bits per heavy atom. The molecule has 1 atom stereocenters. The van der Waals surface area contributed by atoms with Gasteiger partial charge in [-0.1, -0.05) is 30.3 Å². The number of aryl methyl sites for hydroxylation is 2. The third-order valence-electron chi connectivity index (χ3n) is 4.40. The van der Waals surface area contributed by atoms with Gasteiger partial charge in [0.05, 0.1) is 6.42 Å². The topological polar surface area (TPSA) is 91.1 Å². The number of hydrogen-bond acceptors (Lipinski definition) is 4. The van der Waals surface area contributed by atoms with Gasteiger partial charge in [-0.25, -0.2) is 0 Å². The summed E-state index contributed by atoms with van der Waals surface area (Å²) in [6.07, 6.45) is 2.70. The van der Waals surface area contributed by atoms with Crippen LogP contribution in [0.4, 0.5) is 0 Å².